The van der Waals surface area contributed by atoms with Gasteiger partial charge in [-0.2, -0.15) is 0 Å². The normalized spacial score (nSPS) is 20.8. The molecule has 0 saturated heterocycles. The molecular formula is C14H16OSe. The standard InChI is InChI=1S/C14H16OSe/c15-12-7-3-1-6-10-14(11-12)16-13-8-4-2-5-9-13/h2,4-5,8-9,11H,1,3,6-7,10H2/b14-11+. The van der Waals surface area contributed by atoms with Crippen molar-refractivity contribution in [3.63, 3.8) is 0 Å². The number of carbonyl (C=O) groups excluding carboxylic acids is 1. The molecule has 0 heterocycles. The van der Waals surface area contributed by atoms with E-state index in [1.807, 2.05) is 12.1 Å². The fourth-order valence-corrected chi connectivity index (χ4v) is 3.99. The summed E-state index contributed by atoms with van der Waals surface area (Å²) in [5, 5.41) is 0. The van der Waals surface area contributed by atoms with Crippen LogP contribution in [-0.4, -0.2) is 20.7 Å². The zero-order valence-electron chi connectivity index (χ0n) is 9.32. The van der Waals surface area contributed by atoms with Crippen molar-refractivity contribution < 1.29 is 4.79 Å². The summed E-state index contributed by atoms with van der Waals surface area (Å²) in [6, 6.07) is 10.5. The third kappa shape index (κ3) is 3.62. The van der Waals surface area contributed by atoms with Crippen LogP contribution in [0.1, 0.15) is 32.1 Å². The van der Waals surface area contributed by atoms with Crippen molar-refractivity contribution in [3.05, 3.63) is 40.9 Å². The second-order valence-electron chi connectivity index (χ2n) is 4.05. The average Bonchev–Trinajstić information content (AvgIpc) is 2.27. The maximum atomic E-state index is 11.6. The molecule has 0 spiro atoms. The van der Waals surface area contributed by atoms with E-state index in [1.54, 1.807) is 0 Å². The molecule has 1 aliphatic rings. The number of ketones is 1. The van der Waals surface area contributed by atoms with Gasteiger partial charge in [-0.1, -0.05) is 0 Å². The van der Waals surface area contributed by atoms with Gasteiger partial charge in [0.05, 0.1) is 0 Å². The number of carbonyl (C=O) groups is 1. The van der Waals surface area contributed by atoms with E-state index in [2.05, 4.69) is 24.3 Å². The molecule has 0 saturated carbocycles. The van der Waals surface area contributed by atoms with Crippen molar-refractivity contribution in [2.75, 3.05) is 0 Å². The number of rotatable bonds is 2. The van der Waals surface area contributed by atoms with Gasteiger partial charge in [-0.3, -0.25) is 0 Å². The second kappa shape index (κ2) is 6.03. The summed E-state index contributed by atoms with van der Waals surface area (Å²) < 4.78 is 2.73. The molecule has 2 rings (SSSR count). The van der Waals surface area contributed by atoms with Crippen molar-refractivity contribution in [1.29, 1.82) is 0 Å². The third-order valence-electron chi connectivity index (χ3n) is 2.66. The van der Waals surface area contributed by atoms with Crippen molar-refractivity contribution in [2.45, 2.75) is 32.1 Å². The van der Waals surface area contributed by atoms with Gasteiger partial charge in [0.15, 0.2) is 0 Å². The molecular weight excluding hydrogens is 263 g/mol. The Morgan fingerprint density at radius 3 is 2.50 bits per heavy atom. The predicted molar refractivity (Wildman–Crippen MR) is 68.0 cm³/mol. The molecule has 1 aliphatic carbocycles. The first-order valence-corrected chi connectivity index (χ1v) is 7.52. The van der Waals surface area contributed by atoms with Crippen LogP contribution in [0.15, 0.2) is 40.9 Å². The number of allylic oxidation sites excluding steroid dienone is 2. The molecule has 0 fully saturated rings. The molecule has 2 heteroatoms. The summed E-state index contributed by atoms with van der Waals surface area (Å²) in [7, 11) is 0. The van der Waals surface area contributed by atoms with Crippen LogP contribution in [0.25, 0.3) is 0 Å². The molecule has 1 aromatic rings. The van der Waals surface area contributed by atoms with E-state index in [0.717, 1.165) is 19.3 Å². The van der Waals surface area contributed by atoms with Crippen LogP contribution in [0.3, 0.4) is 0 Å². The van der Waals surface area contributed by atoms with Crippen LogP contribution in [0.2, 0.25) is 0 Å². The van der Waals surface area contributed by atoms with E-state index >= 15 is 0 Å². The van der Waals surface area contributed by atoms with E-state index in [9.17, 15) is 4.79 Å². The van der Waals surface area contributed by atoms with Gasteiger partial charge in [-0.15, -0.1) is 0 Å². The van der Waals surface area contributed by atoms with Crippen LogP contribution in [0, 0.1) is 0 Å². The first-order valence-electron chi connectivity index (χ1n) is 5.81. The Balaban J connectivity index is 2.07. The predicted octanol–water partition coefficient (Wildman–Crippen LogP) is 2.43. The number of hydrogen-bond acceptors (Lipinski definition) is 1. The molecule has 0 aromatic heterocycles. The van der Waals surface area contributed by atoms with Crippen molar-refractivity contribution in [1.82, 2.24) is 0 Å². The minimum atomic E-state index is 0.326. The molecule has 0 unspecified atom stereocenters. The third-order valence-corrected chi connectivity index (χ3v) is 4.95. The van der Waals surface area contributed by atoms with Gasteiger partial charge < -0.3 is 0 Å². The summed E-state index contributed by atoms with van der Waals surface area (Å²) in [5.41, 5.74) is 0. The van der Waals surface area contributed by atoms with Gasteiger partial charge in [0.25, 0.3) is 0 Å². The topological polar surface area (TPSA) is 17.1 Å². The monoisotopic (exact) mass is 280 g/mol. The van der Waals surface area contributed by atoms with E-state index in [4.69, 9.17) is 0 Å². The Kier molecular flexibility index (Phi) is 4.38. The van der Waals surface area contributed by atoms with Crippen LogP contribution in [-0.2, 0) is 4.79 Å². The van der Waals surface area contributed by atoms with Gasteiger partial charge in [0, 0.05) is 0 Å². The van der Waals surface area contributed by atoms with Crippen molar-refractivity contribution in [3.8, 4) is 0 Å². The second-order valence-corrected chi connectivity index (χ2v) is 6.57. The fourth-order valence-electron chi connectivity index (χ4n) is 1.82. The van der Waals surface area contributed by atoms with E-state index in [0.29, 0.717) is 20.7 Å². The SMILES string of the molecule is O=C1/C=C(/[Se]c2ccccc2)CCCCC1. The Labute approximate surface area is 103 Å². The van der Waals surface area contributed by atoms with E-state index in [-0.39, 0.29) is 0 Å². The van der Waals surface area contributed by atoms with Gasteiger partial charge in [0.2, 0.25) is 0 Å². The first-order chi connectivity index (χ1) is 7.84. The van der Waals surface area contributed by atoms with Gasteiger partial charge in [0.1, 0.15) is 0 Å². The molecule has 16 heavy (non-hydrogen) atoms. The molecule has 0 bridgehead atoms. The van der Waals surface area contributed by atoms with Crippen LogP contribution < -0.4 is 4.46 Å². The first kappa shape index (κ1) is 11.6. The number of hydrogen-bond donors (Lipinski definition) is 0. The Hall–Kier alpha value is -0.851. The van der Waals surface area contributed by atoms with Crippen molar-refractivity contribution in [2.24, 2.45) is 0 Å². The van der Waals surface area contributed by atoms with Gasteiger partial charge in [-0.25, -0.2) is 0 Å². The summed E-state index contributed by atoms with van der Waals surface area (Å²) >= 11 is 0.342. The Morgan fingerprint density at radius 1 is 0.938 bits per heavy atom. The summed E-state index contributed by atoms with van der Waals surface area (Å²) in [6.45, 7) is 0. The van der Waals surface area contributed by atoms with Crippen molar-refractivity contribution >= 4 is 25.2 Å². The molecule has 84 valence electrons. The molecule has 1 nitrogen and oxygen atoms in total. The molecule has 0 N–H and O–H groups in total. The van der Waals surface area contributed by atoms with Gasteiger partial charge in [-0.05, 0) is 0 Å². The Bertz CT molecular complexity index is 381. The molecule has 0 atom stereocenters. The van der Waals surface area contributed by atoms with Crippen LogP contribution in [0.5, 0.6) is 0 Å². The zero-order valence-corrected chi connectivity index (χ0v) is 11.0. The minimum absolute atomic E-state index is 0.326. The molecule has 1 aromatic carbocycles. The molecule has 0 aliphatic heterocycles. The van der Waals surface area contributed by atoms with E-state index < -0.39 is 0 Å². The molecule has 0 amide bonds. The Morgan fingerprint density at radius 2 is 1.69 bits per heavy atom. The van der Waals surface area contributed by atoms with Gasteiger partial charge >= 0.3 is 103 Å². The average molecular weight is 279 g/mol. The quantitative estimate of drug-likeness (QED) is 0.760. The summed E-state index contributed by atoms with van der Waals surface area (Å²) in [4.78, 5) is 11.6. The number of benzene rings is 1. The fraction of sp³-hybridized carbons (Fsp3) is 0.357. The summed E-state index contributed by atoms with van der Waals surface area (Å²) in [5.74, 6) is 0.326. The zero-order chi connectivity index (χ0) is 11.2. The molecule has 0 radical (unpaired) electrons. The van der Waals surface area contributed by atoms with E-state index in [1.165, 1.54) is 21.8 Å². The summed E-state index contributed by atoms with van der Waals surface area (Å²) in [6.07, 6.45) is 7.28. The maximum absolute atomic E-state index is 11.6. The van der Waals surface area contributed by atoms with Crippen LogP contribution >= 0.6 is 0 Å². The van der Waals surface area contributed by atoms with Crippen LogP contribution in [0.4, 0.5) is 0 Å².